The van der Waals surface area contributed by atoms with Gasteiger partial charge in [-0.05, 0) is 36.4 Å². The zero-order chi connectivity index (χ0) is 18.8. The van der Waals surface area contributed by atoms with Crippen LogP contribution >= 0.6 is 0 Å². The fraction of sp³-hybridized carbons (Fsp3) is 0.143. The number of fused-ring (bicyclic) bond motifs is 1. The Morgan fingerprint density at radius 2 is 1.70 bits per heavy atom. The Morgan fingerprint density at radius 1 is 0.963 bits per heavy atom. The van der Waals surface area contributed by atoms with Gasteiger partial charge >= 0.3 is 0 Å². The van der Waals surface area contributed by atoms with Crippen molar-refractivity contribution in [3.8, 4) is 17.0 Å². The Bertz CT molecular complexity index is 1050. The van der Waals surface area contributed by atoms with E-state index in [1.165, 1.54) is 0 Å². The largest absolute Gasteiger partial charge is 0.497 e. The Morgan fingerprint density at radius 3 is 2.37 bits per heavy atom. The molecule has 27 heavy (non-hydrogen) atoms. The number of imidazole rings is 1. The molecule has 0 saturated carbocycles. The van der Waals surface area contributed by atoms with E-state index in [1.54, 1.807) is 13.3 Å². The van der Waals surface area contributed by atoms with Crippen LogP contribution in [0.2, 0.25) is 0 Å². The Hall–Kier alpha value is -3.54. The topological polar surface area (TPSA) is 54.7 Å². The van der Waals surface area contributed by atoms with Gasteiger partial charge in [0.1, 0.15) is 5.75 Å². The molecule has 0 aliphatic heterocycles. The van der Waals surface area contributed by atoms with Gasteiger partial charge in [0.2, 0.25) is 0 Å². The average molecular weight is 359 g/mol. The van der Waals surface area contributed by atoms with Crippen molar-refractivity contribution in [2.45, 2.75) is 0 Å². The van der Waals surface area contributed by atoms with Crippen LogP contribution in [0.15, 0.2) is 67.1 Å². The zero-order valence-electron chi connectivity index (χ0n) is 15.5. The smallest absolute Gasteiger partial charge is 0.180 e. The summed E-state index contributed by atoms with van der Waals surface area (Å²) in [5.74, 6) is 1.52. The molecule has 0 unspecified atom stereocenters. The van der Waals surface area contributed by atoms with Gasteiger partial charge < -0.3 is 15.0 Å². The monoisotopic (exact) mass is 359 g/mol. The predicted octanol–water partition coefficient (Wildman–Crippen LogP) is 4.21. The maximum atomic E-state index is 5.20. The van der Waals surface area contributed by atoms with E-state index < -0.39 is 0 Å². The number of nitrogens with one attached hydrogen (secondary N) is 1. The van der Waals surface area contributed by atoms with E-state index in [0.717, 1.165) is 34.0 Å². The standard InChI is InChI=1S/C21H21N5O/c1-25(2)17-8-4-15(5-9-17)19-14-23-21-20(22-12-13-26(19)21)24-16-6-10-18(27-3)11-7-16/h4-14H,1-3H3,(H,22,24). The molecule has 0 fully saturated rings. The summed E-state index contributed by atoms with van der Waals surface area (Å²) in [5, 5.41) is 3.33. The maximum absolute atomic E-state index is 5.20. The molecule has 6 nitrogen and oxygen atoms in total. The average Bonchev–Trinajstić information content (AvgIpc) is 3.14. The summed E-state index contributed by atoms with van der Waals surface area (Å²) in [7, 11) is 5.72. The molecule has 0 amide bonds. The highest BCUT2D eigenvalue weighted by atomic mass is 16.5. The van der Waals surface area contributed by atoms with Gasteiger partial charge in [0.05, 0.1) is 19.0 Å². The van der Waals surface area contributed by atoms with E-state index in [2.05, 4.69) is 44.5 Å². The molecule has 0 saturated heterocycles. The molecule has 0 aliphatic carbocycles. The van der Waals surface area contributed by atoms with Crippen LogP contribution < -0.4 is 15.0 Å². The minimum absolute atomic E-state index is 0.707. The molecular weight excluding hydrogens is 338 g/mol. The number of methoxy groups -OCH3 is 1. The SMILES string of the molecule is COc1ccc(Nc2nccn3c(-c4ccc(N(C)C)cc4)cnc23)cc1. The minimum atomic E-state index is 0.707. The van der Waals surface area contributed by atoms with Crippen molar-refractivity contribution in [1.29, 1.82) is 0 Å². The van der Waals surface area contributed by atoms with Crippen LogP contribution in [0.4, 0.5) is 17.2 Å². The second kappa shape index (κ2) is 6.99. The lowest BCUT2D eigenvalue weighted by Gasteiger charge is -2.12. The highest BCUT2D eigenvalue weighted by Gasteiger charge is 2.11. The number of ether oxygens (including phenoxy) is 1. The fourth-order valence-corrected chi connectivity index (χ4v) is 2.96. The highest BCUT2D eigenvalue weighted by molar-refractivity contribution is 5.74. The summed E-state index contributed by atoms with van der Waals surface area (Å²) in [6.07, 6.45) is 5.58. The van der Waals surface area contributed by atoms with Crippen LogP contribution in [0, 0.1) is 0 Å². The molecule has 2 heterocycles. The van der Waals surface area contributed by atoms with Gasteiger partial charge in [-0.1, -0.05) is 12.1 Å². The lowest BCUT2D eigenvalue weighted by molar-refractivity contribution is 0.415. The van der Waals surface area contributed by atoms with Crippen LogP contribution in [0.1, 0.15) is 0 Å². The lowest BCUT2D eigenvalue weighted by atomic mass is 10.1. The van der Waals surface area contributed by atoms with Gasteiger partial charge in [-0.25, -0.2) is 9.97 Å². The first-order chi connectivity index (χ1) is 13.2. The van der Waals surface area contributed by atoms with E-state index in [-0.39, 0.29) is 0 Å². The molecule has 6 heteroatoms. The van der Waals surface area contributed by atoms with E-state index in [4.69, 9.17) is 4.74 Å². The first-order valence-electron chi connectivity index (χ1n) is 8.66. The van der Waals surface area contributed by atoms with Crippen molar-refractivity contribution < 1.29 is 4.74 Å². The normalized spacial score (nSPS) is 10.8. The molecule has 136 valence electrons. The number of nitrogens with zero attached hydrogens (tertiary/aromatic N) is 4. The number of hydrogen-bond acceptors (Lipinski definition) is 5. The molecule has 0 aliphatic rings. The lowest BCUT2D eigenvalue weighted by Crippen LogP contribution is -2.07. The van der Waals surface area contributed by atoms with Crippen LogP contribution in [-0.2, 0) is 0 Å². The van der Waals surface area contributed by atoms with Crippen LogP contribution in [-0.4, -0.2) is 35.6 Å². The molecule has 1 N–H and O–H groups in total. The summed E-state index contributed by atoms with van der Waals surface area (Å²) in [6.45, 7) is 0. The van der Waals surface area contributed by atoms with Crippen molar-refractivity contribution in [3.63, 3.8) is 0 Å². The number of rotatable bonds is 5. The molecule has 4 aromatic rings. The second-order valence-electron chi connectivity index (χ2n) is 6.41. The molecule has 0 bridgehead atoms. The summed E-state index contributed by atoms with van der Waals surface area (Å²) < 4.78 is 7.25. The summed E-state index contributed by atoms with van der Waals surface area (Å²) >= 11 is 0. The van der Waals surface area contributed by atoms with Crippen LogP contribution in [0.5, 0.6) is 5.75 Å². The quantitative estimate of drug-likeness (QED) is 0.578. The van der Waals surface area contributed by atoms with E-state index in [9.17, 15) is 0 Å². The van der Waals surface area contributed by atoms with Crippen molar-refractivity contribution in [2.24, 2.45) is 0 Å². The summed E-state index contributed by atoms with van der Waals surface area (Å²) in [4.78, 5) is 11.1. The Kier molecular flexibility index (Phi) is 4.38. The van der Waals surface area contributed by atoms with Gasteiger partial charge in [-0.15, -0.1) is 0 Å². The van der Waals surface area contributed by atoms with Crippen molar-refractivity contribution >= 4 is 22.8 Å². The molecule has 0 spiro atoms. The van der Waals surface area contributed by atoms with Crippen LogP contribution in [0.25, 0.3) is 16.9 Å². The van der Waals surface area contributed by atoms with Gasteiger partial charge in [0.15, 0.2) is 11.5 Å². The molecule has 4 rings (SSSR count). The first kappa shape index (κ1) is 16.9. The maximum Gasteiger partial charge on any atom is 0.180 e. The van der Waals surface area contributed by atoms with Gasteiger partial charge in [-0.2, -0.15) is 0 Å². The Balaban J connectivity index is 1.68. The third-order valence-corrected chi connectivity index (χ3v) is 4.46. The number of benzene rings is 2. The molecule has 0 radical (unpaired) electrons. The predicted molar refractivity (Wildman–Crippen MR) is 109 cm³/mol. The fourth-order valence-electron chi connectivity index (χ4n) is 2.96. The zero-order valence-corrected chi connectivity index (χ0v) is 15.5. The molecule has 2 aromatic heterocycles. The van der Waals surface area contributed by atoms with E-state index >= 15 is 0 Å². The van der Waals surface area contributed by atoms with E-state index in [1.807, 2.05) is 55.2 Å². The number of hydrogen-bond donors (Lipinski definition) is 1. The second-order valence-corrected chi connectivity index (χ2v) is 6.41. The van der Waals surface area contributed by atoms with Crippen LogP contribution in [0.3, 0.4) is 0 Å². The Labute approximate surface area is 158 Å². The van der Waals surface area contributed by atoms with E-state index in [0.29, 0.717) is 5.82 Å². The number of anilines is 3. The molecule has 0 atom stereocenters. The van der Waals surface area contributed by atoms with Crippen molar-refractivity contribution in [2.75, 3.05) is 31.4 Å². The number of aromatic nitrogens is 3. The summed E-state index contributed by atoms with van der Waals surface area (Å²) in [6, 6.07) is 16.1. The molecular formula is C21H21N5O. The minimum Gasteiger partial charge on any atom is -0.497 e. The first-order valence-corrected chi connectivity index (χ1v) is 8.66. The highest BCUT2D eigenvalue weighted by Crippen LogP contribution is 2.27. The van der Waals surface area contributed by atoms with Crippen molar-refractivity contribution in [3.05, 3.63) is 67.1 Å². The third-order valence-electron chi connectivity index (χ3n) is 4.46. The van der Waals surface area contributed by atoms with Gasteiger partial charge in [0, 0.05) is 43.4 Å². The van der Waals surface area contributed by atoms with Crippen molar-refractivity contribution in [1.82, 2.24) is 14.4 Å². The summed E-state index contributed by atoms with van der Waals surface area (Å²) in [5.41, 5.74) is 5.00. The molecule has 2 aromatic carbocycles. The third kappa shape index (κ3) is 3.29. The van der Waals surface area contributed by atoms with Gasteiger partial charge in [-0.3, -0.25) is 4.40 Å². The van der Waals surface area contributed by atoms with Gasteiger partial charge in [0.25, 0.3) is 0 Å².